The summed E-state index contributed by atoms with van der Waals surface area (Å²) in [5, 5.41) is 0. The fourth-order valence-corrected chi connectivity index (χ4v) is 1.94. The van der Waals surface area contributed by atoms with Gasteiger partial charge < -0.3 is 0 Å². The van der Waals surface area contributed by atoms with Crippen LogP contribution in [0.3, 0.4) is 0 Å². The Balaban J connectivity index is 3.10. The number of nitrogens with zero attached hydrogens (tertiary/aromatic N) is 1. The van der Waals surface area contributed by atoms with E-state index in [1.807, 2.05) is 0 Å². The van der Waals surface area contributed by atoms with E-state index in [-0.39, 0.29) is 9.37 Å². The van der Waals surface area contributed by atoms with E-state index in [0.717, 1.165) is 6.20 Å². The van der Waals surface area contributed by atoms with Crippen molar-refractivity contribution in [3.05, 3.63) is 22.9 Å². The van der Waals surface area contributed by atoms with Crippen molar-refractivity contribution in [3.8, 4) is 0 Å². The number of hydrogen-bond acceptors (Lipinski definition) is 2. The first-order chi connectivity index (χ1) is 5.93. The predicted octanol–water partition coefficient (Wildman–Crippen LogP) is 2.47. The SMILES string of the molecule is O=[S@@](c1cnccc1Br)C(F)(F)F. The van der Waals surface area contributed by atoms with Gasteiger partial charge in [0.25, 0.3) is 0 Å². The third-order valence-electron chi connectivity index (χ3n) is 1.14. The first-order valence-electron chi connectivity index (χ1n) is 3.01. The van der Waals surface area contributed by atoms with Crippen LogP contribution < -0.4 is 0 Å². The van der Waals surface area contributed by atoms with E-state index >= 15 is 0 Å². The summed E-state index contributed by atoms with van der Waals surface area (Å²) >= 11 is 2.86. The number of rotatable bonds is 1. The molecule has 0 spiro atoms. The predicted molar refractivity (Wildman–Crippen MR) is 44.4 cm³/mol. The van der Waals surface area contributed by atoms with Gasteiger partial charge in [-0.25, -0.2) is 4.21 Å². The molecule has 0 aliphatic carbocycles. The molecule has 13 heavy (non-hydrogen) atoms. The van der Waals surface area contributed by atoms with E-state index in [9.17, 15) is 17.4 Å². The second-order valence-electron chi connectivity index (χ2n) is 2.02. The van der Waals surface area contributed by atoms with Gasteiger partial charge in [-0.15, -0.1) is 0 Å². The van der Waals surface area contributed by atoms with Gasteiger partial charge >= 0.3 is 5.51 Å². The zero-order chi connectivity index (χ0) is 10.1. The van der Waals surface area contributed by atoms with Crippen LogP contribution in [-0.2, 0) is 10.8 Å². The zero-order valence-corrected chi connectivity index (χ0v) is 8.41. The largest absolute Gasteiger partial charge is 0.475 e. The molecule has 7 heteroatoms. The van der Waals surface area contributed by atoms with E-state index in [2.05, 4.69) is 20.9 Å². The minimum absolute atomic E-state index is 0.137. The highest BCUT2D eigenvalue weighted by Gasteiger charge is 2.39. The number of halogens is 4. The maximum Gasteiger partial charge on any atom is 0.475 e. The summed E-state index contributed by atoms with van der Waals surface area (Å²) in [7, 11) is -3.02. The van der Waals surface area contributed by atoms with Crippen LogP contribution in [0.25, 0.3) is 0 Å². The van der Waals surface area contributed by atoms with Crippen LogP contribution in [0, 0.1) is 0 Å². The molecule has 0 saturated carbocycles. The molecule has 0 aliphatic heterocycles. The third kappa shape index (κ3) is 2.50. The molecular weight excluding hydrogens is 271 g/mol. The molecule has 1 rings (SSSR count). The lowest BCUT2D eigenvalue weighted by Gasteiger charge is -2.06. The third-order valence-corrected chi connectivity index (χ3v) is 3.24. The lowest BCUT2D eigenvalue weighted by molar-refractivity contribution is -0.0385. The normalized spacial score (nSPS) is 14.2. The van der Waals surface area contributed by atoms with E-state index < -0.39 is 16.3 Å². The minimum Gasteiger partial charge on any atom is -0.263 e. The molecular formula is C6H3BrF3NOS. The summed E-state index contributed by atoms with van der Waals surface area (Å²) in [5.74, 6) is 0. The van der Waals surface area contributed by atoms with Crippen LogP contribution in [0.15, 0.2) is 27.8 Å². The smallest absolute Gasteiger partial charge is 0.263 e. The molecule has 0 aromatic carbocycles. The number of hydrogen-bond donors (Lipinski definition) is 0. The van der Waals surface area contributed by atoms with Gasteiger partial charge in [0.05, 0.1) is 4.90 Å². The molecule has 1 aromatic heterocycles. The van der Waals surface area contributed by atoms with E-state index in [1.54, 1.807) is 0 Å². The Morgan fingerprint density at radius 1 is 1.46 bits per heavy atom. The lowest BCUT2D eigenvalue weighted by Crippen LogP contribution is -2.16. The Hall–Kier alpha value is -0.430. The molecule has 0 saturated heterocycles. The Kier molecular flexibility index (Phi) is 3.07. The molecule has 0 aliphatic rings. The maximum atomic E-state index is 12.0. The molecule has 0 N–H and O–H groups in total. The quantitative estimate of drug-likeness (QED) is 0.787. The average Bonchev–Trinajstić information content (AvgIpc) is 2.02. The Labute approximate surface area is 82.8 Å². The van der Waals surface area contributed by atoms with Gasteiger partial charge in [0.15, 0.2) is 10.8 Å². The van der Waals surface area contributed by atoms with Crippen LogP contribution in [0.1, 0.15) is 0 Å². The topological polar surface area (TPSA) is 30.0 Å². The fourth-order valence-electron chi connectivity index (χ4n) is 0.624. The van der Waals surface area contributed by atoms with Crippen molar-refractivity contribution in [1.29, 1.82) is 0 Å². The molecule has 1 aromatic rings. The van der Waals surface area contributed by atoms with Crippen molar-refractivity contribution in [2.75, 3.05) is 0 Å². The van der Waals surface area contributed by atoms with Crippen LogP contribution in [0.4, 0.5) is 13.2 Å². The summed E-state index contributed by atoms with van der Waals surface area (Å²) in [6, 6.07) is 1.30. The molecule has 0 amide bonds. The van der Waals surface area contributed by atoms with Crippen LogP contribution in [0.5, 0.6) is 0 Å². The van der Waals surface area contributed by atoms with E-state index in [4.69, 9.17) is 0 Å². The van der Waals surface area contributed by atoms with Crippen molar-refractivity contribution in [2.45, 2.75) is 10.4 Å². The van der Waals surface area contributed by atoms with Gasteiger partial charge in [0, 0.05) is 16.9 Å². The average molecular weight is 274 g/mol. The van der Waals surface area contributed by atoms with Crippen LogP contribution >= 0.6 is 15.9 Å². The minimum atomic E-state index is -4.74. The van der Waals surface area contributed by atoms with Gasteiger partial charge in [0.1, 0.15) is 0 Å². The van der Waals surface area contributed by atoms with Crippen molar-refractivity contribution >= 4 is 26.7 Å². The summed E-state index contributed by atoms with van der Waals surface area (Å²) in [4.78, 5) is 3.09. The molecule has 0 unspecified atom stereocenters. The summed E-state index contributed by atoms with van der Waals surface area (Å²) < 4.78 is 46.8. The molecule has 1 atom stereocenters. The summed E-state index contributed by atoms with van der Waals surface area (Å²) in [6.45, 7) is 0. The molecule has 0 bridgehead atoms. The van der Waals surface area contributed by atoms with E-state index in [0.29, 0.717) is 0 Å². The Morgan fingerprint density at radius 2 is 2.08 bits per heavy atom. The van der Waals surface area contributed by atoms with E-state index in [1.165, 1.54) is 12.3 Å². The second kappa shape index (κ2) is 3.75. The van der Waals surface area contributed by atoms with Crippen LogP contribution in [-0.4, -0.2) is 14.7 Å². The first-order valence-corrected chi connectivity index (χ1v) is 4.95. The monoisotopic (exact) mass is 273 g/mol. The first kappa shape index (κ1) is 10.6. The highest BCUT2D eigenvalue weighted by atomic mass is 79.9. The Morgan fingerprint density at radius 3 is 2.54 bits per heavy atom. The molecule has 72 valence electrons. The second-order valence-corrected chi connectivity index (χ2v) is 4.32. The molecule has 2 nitrogen and oxygen atoms in total. The van der Waals surface area contributed by atoms with Crippen molar-refractivity contribution in [2.24, 2.45) is 0 Å². The Bertz CT molecular complexity index is 341. The maximum absolute atomic E-state index is 12.0. The van der Waals surface area contributed by atoms with Gasteiger partial charge in [-0.05, 0) is 22.0 Å². The van der Waals surface area contributed by atoms with Gasteiger partial charge in [-0.2, -0.15) is 13.2 Å². The fraction of sp³-hybridized carbons (Fsp3) is 0.167. The highest BCUT2D eigenvalue weighted by molar-refractivity contribution is 9.10. The van der Waals surface area contributed by atoms with Crippen molar-refractivity contribution in [1.82, 2.24) is 4.98 Å². The summed E-state index contributed by atoms with van der Waals surface area (Å²) in [5.41, 5.74) is -4.74. The summed E-state index contributed by atoms with van der Waals surface area (Å²) in [6.07, 6.45) is 2.23. The number of alkyl halides is 3. The molecule has 0 fully saturated rings. The van der Waals surface area contributed by atoms with Crippen molar-refractivity contribution in [3.63, 3.8) is 0 Å². The lowest BCUT2D eigenvalue weighted by atomic mass is 10.5. The molecule has 0 radical (unpaired) electrons. The standard InChI is InChI=1S/C6H3BrF3NOS/c7-4-1-2-11-3-5(4)13(12)6(8,9)10/h1-3H/t13-/m0/s1. The molecule has 1 heterocycles. The highest BCUT2D eigenvalue weighted by Crippen LogP contribution is 2.29. The zero-order valence-electron chi connectivity index (χ0n) is 6.01. The van der Waals surface area contributed by atoms with Crippen LogP contribution in [0.2, 0.25) is 0 Å². The van der Waals surface area contributed by atoms with Gasteiger partial charge in [0.2, 0.25) is 0 Å². The van der Waals surface area contributed by atoms with Gasteiger partial charge in [-0.1, -0.05) is 0 Å². The number of aromatic nitrogens is 1. The number of pyridine rings is 1. The van der Waals surface area contributed by atoms with Gasteiger partial charge in [-0.3, -0.25) is 4.98 Å². The van der Waals surface area contributed by atoms with Crippen molar-refractivity contribution < 1.29 is 17.4 Å².